The lowest BCUT2D eigenvalue weighted by Gasteiger charge is -2.31. The summed E-state index contributed by atoms with van der Waals surface area (Å²) in [6.45, 7) is 14.0. The molecule has 0 aliphatic carbocycles. The third kappa shape index (κ3) is 10.5. The summed E-state index contributed by atoms with van der Waals surface area (Å²) in [5, 5.41) is 27.9. The maximum Gasteiger partial charge on any atom is 0.0558 e. The number of hydrogen-bond donors (Lipinski definition) is 3. The van der Waals surface area contributed by atoms with Crippen LogP contribution in [0, 0.1) is 0 Å². The number of aliphatic hydroxyl groups excluding tert-OH is 3. The summed E-state index contributed by atoms with van der Waals surface area (Å²) in [6, 6.07) is 0. The lowest BCUT2D eigenvalue weighted by Crippen LogP contribution is -2.42. The van der Waals surface area contributed by atoms with Crippen molar-refractivity contribution in [3.8, 4) is 0 Å². The van der Waals surface area contributed by atoms with E-state index in [1.165, 1.54) is 0 Å². The average molecular weight is 361 g/mol. The Labute approximate surface area is 153 Å². The van der Waals surface area contributed by atoms with Crippen LogP contribution in [0.15, 0.2) is 0 Å². The van der Waals surface area contributed by atoms with Crippen LogP contribution in [-0.4, -0.2) is 133 Å². The first-order valence-corrected chi connectivity index (χ1v) is 9.95. The largest absolute Gasteiger partial charge is 0.395 e. The van der Waals surface area contributed by atoms with Crippen LogP contribution in [-0.2, 0) is 0 Å². The van der Waals surface area contributed by atoms with Crippen molar-refractivity contribution in [3.63, 3.8) is 0 Å². The van der Waals surface area contributed by atoms with Gasteiger partial charge in [-0.25, -0.2) is 0 Å². The predicted octanol–water partition coefficient (Wildman–Crippen LogP) is -1.01. The Balaban J connectivity index is 2.64. The van der Waals surface area contributed by atoms with Gasteiger partial charge in [-0.2, -0.15) is 0 Å². The van der Waals surface area contributed by atoms with Crippen LogP contribution in [0.2, 0.25) is 0 Å². The van der Waals surface area contributed by atoms with Crippen LogP contribution in [0.5, 0.6) is 0 Å². The van der Waals surface area contributed by atoms with Crippen molar-refractivity contribution in [2.75, 3.05) is 98.4 Å². The highest BCUT2D eigenvalue weighted by Gasteiger charge is 2.13. The molecule has 0 bridgehead atoms. The molecular formula is C18H40N4O3. The van der Waals surface area contributed by atoms with Crippen molar-refractivity contribution in [2.24, 2.45) is 0 Å². The molecule has 0 unspecified atom stereocenters. The van der Waals surface area contributed by atoms with Crippen LogP contribution < -0.4 is 0 Å². The first kappa shape index (κ1) is 22.8. The van der Waals surface area contributed by atoms with Crippen molar-refractivity contribution in [3.05, 3.63) is 0 Å². The van der Waals surface area contributed by atoms with Crippen molar-refractivity contribution >= 4 is 0 Å². The van der Waals surface area contributed by atoms with E-state index in [-0.39, 0.29) is 19.8 Å². The number of aliphatic hydroxyl groups is 3. The molecule has 1 saturated heterocycles. The fraction of sp³-hybridized carbons (Fsp3) is 1.00. The summed E-state index contributed by atoms with van der Waals surface area (Å²) in [5.74, 6) is 0. The molecule has 1 rings (SSSR count). The fourth-order valence-corrected chi connectivity index (χ4v) is 3.46. The van der Waals surface area contributed by atoms with Gasteiger partial charge in [-0.3, -0.25) is 14.7 Å². The van der Waals surface area contributed by atoms with E-state index in [1.807, 2.05) is 0 Å². The molecule has 150 valence electrons. The molecule has 0 amide bonds. The van der Waals surface area contributed by atoms with Crippen molar-refractivity contribution < 1.29 is 15.3 Å². The predicted molar refractivity (Wildman–Crippen MR) is 102 cm³/mol. The Hall–Kier alpha value is -0.280. The second-order valence-corrected chi connectivity index (χ2v) is 6.84. The maximum atomic E-state index is 9.31. The molecule has 0 aromatic carbocycles. The second-order valence-electron chi connectivity index (χ2n) is 6.84. The third-order valence-corrected chi connectivity index (χ3v) is 5.06. The van der Waals surface area contributed by atoms with E-state index in [2.05, 4.69) is 26.5 Å². The molecular weight excluding hydrogens is 320 g/mol. The standard InChI is InChI=1S/C18H40N4O3/c1-2-19-5-3-6-21(14-17-24)11-12-22(15-18-25)8-4-7-20(10-9-19)13-16-23/h23-25H,2-18H2,1H3. The van der Waals surface area contributed by atoms with Gasteiger partial charge in [0.15, 0.2) is 0 Å². The molecule has 7 nitrogen and oxygen atoms in total. The molecule has 0 saturated carbocycles. The van der Waals surface area contributed by atoms with Crippen LogP contribution in [0.1, 0.15) is 19.8 Å². The molecule has 0 atom stereocenters. The fourth-order valence-electron chi connectivity index (χ4n) is 3.46. The highest BCUT2D eigenvalue weighted by atomic mass is 16.3. The molecule has 25 heavy (non-hydrogen) atoms. The van der Waals surface area contributed by atoms with Gasteiger partial charge in [-0.05, 0) is 45.6 Å². The summed E-state index contributed by atoms with van der Waals surface area (Å²) in [5.41, 5.74) is 0. The average Bonchev–Trinajstić information content (AvgIpc) is 2.61. The van der Waals surface area contributed by atoms with Gasteiger partial charge < -0.3 is 20.2 Å². The van der Waals surface area contributed by atoms with E-state index in [0.29, 0.717) is 6.54 Å². The molecule has 1 aliphatic rings. The molecule has 7 heteroatoms. The van der Waals surface area contributed by atoms with E-state index >= 15 is 0 Å². The molecule has 0 aromatic rings. The lowest BCUT2D eigenvalue weighted by atomic mass is 10.2. The van der Waals surface area contributed by atoms with Gasteiger partial charge in [0.25, 0.3) is 0 Å². The summed E-state index contributed by atoms with van der Waals surface area (Å²) >= 11 is 0. The summed E-state index contributed by atoms with van der Waals surface area (Å²) in [6.07, 6.45) is 2.15. The van der Waals surface area contributed by atoms with Gasteiger partial charge in [0.05, 0.1) is 19.8 Å². The topological polar surface area (TPSA) is 73.7 Å². The van der Waals surface area contributed by atoms with Gasteiger partial charge in [0, 0.05) is 45.8 Å². The maximum absolute atomic E-state index is 9.31. The number of nitrogens with zero attached hydrogens (tertiary/aromatic N) is 4. The summed E-state index contributed by atoms with van der Waals surface area (Å²) in [4.78, 5) is 9.47. The third-order valence-electron chi connectivity index (χ3n) is 5.06. The quantitative estimate of drug-likeness (QED) is 0.537. The summed E-state index contributed by atoms with van der Waals surface area (Å²) in [7, 11) is 0. The van der Waals surface area contributed by atoms with Crippen molar-refractivity contribution in [1.29, 1.82) is 0 Å². The molecule has 1 aliphatic heterocycles. The monoisotopic (exact) mass is 360 g/mol. The number of likely N-dealkylation sites (N-methyl/N-ethyl adjacent to an activating group) is 1. The minimum absolute atomic E-state index is 0.186. The molecule has 0 radical (unpaired) electrons. The zero-order chi connectivity index (χ0) is 18.3. The Morgan fingerprint density at radius 1 is 0.520 bits per heavy atom. The minimum atomic E-state index is 0.186. The normalized spacial score (nSPS) is 22.1. The van der Waals surface area contributed by atoms with Crippen molar-refractivity contribution in [2.45, 2.75) is 19.8 Å². The zero-order valence-electron chi connectivity index (χ0n) is 16.2. The molecule has 0 spiro atoms. The number of β-amino-alcohol motifs (C(OH)–C–C–N with tert-alkyl or cyclic N) is 3. The Morgan fingerprint density at radius 3 is 1.16 bits per heavy atom. The molecule has 3 N–H and O–H groups in total. The highest BCUT2D eigenvalue weighted by molar-refractivity contribution is 4.69. The Bertz CT molecular complexity index is 310. The van der Waals surface area contributed by atoms with Gasteiger partial charge in [0.1, 0.15) is 0 Å². The van der Waals surface area contributed by atoms with E-state index < -0.39 is 0 Å². The molecule has 1 fully saturated rings. The highest BCUT2D eigenvalue weighted by Crippen LogP contribution is 2.02. The van der Waals surface area contributed by atoms with Crippen LogP contribution >= 0.6 is 0 Å². The first-order chi connectivity index (χ1) is 12.2. The minimum Gasteiger partial charge on any atom is -0.395 e. The SMILES string of the molecule is CCN1CCCN(CCO)CCN(CCO)CCCN(CCO)CC1. The Morgan fingerprint density at radius 2 is 0.840 bits per heavy atom. The van der Waals surface area contributed by atoms with E-state index in [1.54, 1.807) is 0 Å². The van der Waals surface area contributed by atoms with Gasteiger partial charge in [-0.1, -0.05) is 6.92 Å². The van der Waals surface area contributed by atoms with Gasteiger partial charge in [-0.15, -0.1) is 0 Å². The van der Waals surface area contributed by atoms with E-state index in [9.17, 15) is 15.3 Å². The van der Waals surface area contributed by atoms with Crippen molar-refractivity contribution in [1.82, 2.24) is 19.6 Å². The number of hydrogen-bond acceptors (Lipinski definition) is 7. The van der Waals surface area contributed by atoms with Crippen LogP contribution in [0.25, 0.3) is 0 Å². The summed E-state index contributed by atoms with van der Waals surface area (Å²) < 4.78 is 0. The molecule has 1 heterocycles. The molecule has 0 aromatic heterocycles. The van der Waals surface area contributed by atoms with E-state index in [4.69, 9.17) is 0 Å². The Kier molecular flexibility index (Phi) is 13.5. The smallest absolute Gasteiger partial charge is 0.0558 e. The van der Waals surface area contributed by atoms with Gasteiger partial charge in [0.2, 0.25) is 0 Å². The second kappa shape index (κ2) is 14.8. The van der Waals surface area contributed by atoms with Gasteiger partial charge >= 0.3 is 0 Å². The van der Waals surface area contributed by atoms with E-state index in [0.717, 1.165) is 84.8 Å². The van der Waals surface area contributed by atoms with Crippen LogP contribution in [0.4, 0.5) is 0 Å². The lowest BCUT2D eigenvalue weighted by molar-refractivity contribution is 0.127. The number of rotatable bonds is 7. The van der Waals surface area contributed by atoms with Crippen LogP contribution in [0.3, 0.4) is 0 Å². The first-order valence-electron chi connectivity index (χ1n) is 9.95. The zero-order valence-corrected chi connectivity index (χ0v) is 16.2.